The van der Waals surface area contributed by atoms with Crippen molar-refractivity contribution in [2.45, 2.75) is 26.8 Å². The van der Waals surface area contributed by atoms with Gasteiger partial charge in [0.05, 0.1) is 19.2 Å². The second-order valence-electron chi connectivity index (χ2n) is 5.17. The van der Waals surface area contributed by atoms with Gasteiger partial charge in [0.15, 0.2) is 0 Å². The standard InChI is InChI=1S/C16H19BrN4O2/c1-3-21-10-12(8-19-21)7-15(22)18-9-16(23)20-14-5-4-13(17)6-11(14)2/h4-6,8,10H,3,7,9H2,1-2H3,(H,18,22)(H,20,23). The zero-order chi connectivity index (χ0) is 16.8. The monoisotopic (exact) mass is 378 g/mol. The zero-order valence-electron chi connectivity index (χ0n) is 13.1. The Morgan fingerprint density at radius 2 is 2.09 bits per heavy atom. The van der Waals surface area contributed by atoms with Crippen LogP contribution in [-0.4, -0.2) is 28.1 Å². The minimum absolute atomic E-state index is 0.0593. The first-order chi connectivity index (χ1) is 11.0. The van der Waals surface area contributed by atoms with Gasteiger partial charge < -0.3 is 10.6 Å². The highest BCUT2D eigenvalue weighted by Crippen LogP contribution is 2.19. The van der Waals surface area contributed by atoms with E-state index in [2.05, 4.69) is 31.7 Å². The zero-order valence-corrected chi connectivity index (χ0v) is 14.7. The van der Waals surface area contributed by atoms with E-state index < -0.39 is 0 Å². The van der Waals surface area contributed by atoms with Crippen molar-refractivity contribution in [2.75, 3.05) is 11.9 Å². The molecule has 0 unspecified atom stereocenters. The predicted molar refractivity (Wildman–Crippen MR) is 92.1 cm³/mol. The summed E-state index contributed by atoms with van der Waals surface area (Å²) in [5, 5.41) is 9.50. The fraction of sp³-hybridized carbons (Fsp3) is 0.312. The van der Waals surface area contributed by atoms with Crippen molar-refractivity contribution in [3.05, 3.63) is 46.2 Å². The Kier molecular flexibility index (Phi) is 5.92. The Bertz CT molecular complexity index is 712. The largest absolute Gasteiger partial charge is 0.347 e. The number of amides is 2. The molecule has 1 aromatic carbocycles. The summed E-state index contributed by atoms with van der Waals surface area (Å²) in [5.74, 6) is -0.462. The number of benzene rings is 1. The topological polar surface area (TPSA) is 76.0 Å². The van der Waals surface area contributed by atoms with Crippen LogP contribution in [0.2, 0.25) is 0 Å². The van der Waals surface area contributed by atoms with Crippen LogP contribution in [0.3, 0.4) is 0 Å². The van der Waals surface area contributed by atoms with E-state index in [-0.39, 0.29) is 24.8 Å². The lowest BCUT2D eigenvalue weighted by atomic mass is 10.2. The number of carbonyl (C=O) groups is 2. The first-order valence-electron chi connectivity index (χ1n) is 7.32. The van der Waals surface area contributed by atoms with E-state index in [9.17, 15) is 9.59 Å². The minimum Gasteiger partial charge on any atom is -0.347 e. The SMILES string of the molecule is CCn1cc(CC(=O)NCC(=O)Nc2ccc(Br)cc2C)cn1. The summed E-state index contributed by atoms with van der Waals surface area (Å²) in [5.41, 5.74) is 2.51. The van der Waals surface area contributed by atoms with Gasteiger partial charge in [-0.25, -0.2) is 0 Å². The molecule has 0 fully saturated rings. The summed E-state index contributed by atoms with van der Waals surface area (Å²) >= 11 is 3.37. The van der Waals surface area contributed by atoms with E-state index in [1.165, 1.54) is 0 Å². The van der Waals surface area contributed by atoms with Crippen LogP contribution in [-0.2, 0) is 22.6 Å². The fourth-order valence-electron chi connectivity index (χ4n) is 2.06. The van der Waals surface area contributed by atoms with Gasteiger partial charge in [-0.05, 0) is 43.2 Å². The average molecular weight is 379 g/mol. The van der Waals surface area contributed by atoms with Crippen LogP contribution >= 0.6 is 15.9 Å². The van der Waals surface area contributed by atoms with Crippen molar-refractivity contribution in [2.24, 2.45) is 0 Å². The van der Waals surface area contributed by atoms with Crippen LogP contribution in [0, 0.1) is 6.92 Å². The lowest BCUT2D eigenvalue weighted by Crippen LogP contribution is -2.33. The molecular weight excluding hydrogens is 360 g/mol. The molecule has 0 saturated heterocycles. The summed E-state index contributed by atoms with van der Waals surface area (Å²) in [6.45, 7) is 4.59. The molecular formula is C16H19BrN4O2. The molecule has 0 bridgehead atoms. The van der Waals surface area contributed by atoms with Gasteiger partial charge in [-0.1, -0.05) is 15.9 Å². The van der Waals surface area contributed by atoms with Crippen LogP contribution in [0.5, 0.6) is 0 Å². The minimum atomic E-state index is -0.256. The average Bonchev–Trinajstić information content (AvgIpc) is 2.95. The van der Waals surface area contributed by atoms with E-state index in [1.807, 2.05) is 38.2 Å². The summed E-state index contributed by atoms with van der Waals surface area (Å²) in [6.07, 6.45) is 3.70. The molecule has 0 saturated carbocycles. The molecule has 2 aromatic rings. The van der Waals surface area contributed by atoms with Gasteiger partial charge in [0.1, 0.15) is 0 Å². The summed E-state index contributed by atoms with van der Waals surface area (Å²) < 4.78 is 2.71. The van der Waals surface area contributed by atoms with Gasteiger partial charge in [-0.2, -0.15) is 5.10 Å². The predicted octanol–water partition coefficient (Wildman–Crippen LogP) is 2.27. The summed E-state index contributed by atoms with van der Waals surface area (Å²) in [4.78, 5) is 23.7. The Morgan fingerprint density at radius 3 is 2.74 bits per heavy atom. The quantitative estimate of drug-likeness (QED) is 0.809. The van der Waals surface area contributed by atoms with Crippen molar-refractivity contribution in [1.82, 2.24) is 15.1 Å². The molecule has 2 N–H and O–H groups in total. The number of nitrogens with zero attached hydrogens (tertiary/aromatic N) is 2. The van der Waals surface area contributed by atoms with Crippen molar-refractivity contribution in [3.63, 3.8) is 0 Å². The molecule has 0 aliphatic carbocycles. The highest BCUT2D eigenvalue weighted by molar-refractivity contribution is 9.10. The number of nitrogens with one attached hydrogen (secondary N) is 2. The molecule has 0 radical (unpaired) electrons. The Balaban J connectivity index is 1.80. The van der Waals surface area contributed by atoms with Gasteiger partial charge in [0.2, 0.25) is 11.8 Å². The smallest absolute Gasteiger partial charge is 0.243 e. The molecule has 1 aromatic heterocycles. The molecule has 0 aliphatic rings. The number of aryl methyl sites for hydroxylation is 2. The van der Waals surface area contributed by atoms with E-state index in [0.29, 0.717) is 0 Å². The van der Waals surface area contributed by atoms with Gasteiger partial charge in [0.25, 0.3) is 0 Å². The molecule has 0 atom stereocenters. The second-order valence-corrected chi connectivity index (χ2v) is 6.08. The van der Waals surface area contributed by atoms with Crippen molar-refractivity contribution in [3.8, 4) is 0 Å². The first kappa shape index (κ1) is 17.2. The third-order valence-electron chi connectivity index (χ3n) is 3.28. The van der Waals surface area contributed by atoms with Crippen molar-refractivity contribution >= 4 is 33.4 Å². The van der Waals surface area contributed by atoms with Crippen LogP contribution < -0.4 is 10.6 Å². The Labute approximate surface area is 143 Å². The highest BCUT2D eigenvalue weighted by atomic mass is 79.9. The molecule has 0 aliphatic heterocycles. The van der Waals surface area contributed by atoms with E-state index in [1.54, 1.807) is 10.9 Å². The van der Waals surface area contributed by atoms with Crippen molar-refractivity contribution in [1.29, 1.82) is 0 Å². The molecule has 122 valence electrons. The number of halogens is 1. The van der Waals surface area contributed by atoms with E-state index in [4.69, 9.17) is 0 Å². The van der Waals surface area contributed by atoms with Crippen LogP contribution in [0.15, 0.2) is 35.1 Å². The van der Waals surface area contributed by atoms with Gasteiger partial charge in [-0.15, -0.1) is 0 Å². The first-order valence-corrected chi connectivity index (χ1v) is 8.11. The number of rotatable bonds is 6. The van der Waals surface area contributed by atoms with Gasteiger partial charge in [0, 0.05) is 22.9 Å². The van der Waals surface area contributed by atoms with Crippen LogP contribution in [0.4, 0.5) is 5.69 Å². The van der Waals surface area contributed by atoms with Gasteiger partial charge in [-0.3, -0.25) is 14.3 Å². The number of carbonyl (C=O) groups excluding carboxylic acids is 2. The maximum Gasteiger partial charge on any atom is 0.243 e. The summed E-state index contributed by atoms with van der Waals surface area (Å²) in [7, 11) is 0. The molecule has 23 heavy (non-hydrogen) atoms. The van der Waals surface area contributed by atoms with E-state index >= 15 is 0 Å². The molecule has 2 amide bonds. The highest BCUT2D eigenvalue weighted by Gasteiger charge is 2.09. The van der Waals surface area contributed by atoms with Crippen LogP contribution in [0.25, 0.3) is 0 Å². The summed E-state index contributed by atoms with van der Waals surface area (Å²) in [6, 6.07) is 5.59. The maximum atomic E-state index is 11.9. The van der Waals surface area contributed by atoms with E-state index in [0.717, 1.165) is 27.8 Å². The third-order valence-corrected chi connectivity index (χ3v) is 3.78. The molecule has 2 rings (SSSR count). The maximum absolute atomic E-state index is 11.9. The Hall–Kier alpha value is -2.15. The number of hydrogen-bond donors (Lipinski definition) is 2. The molecule has 0 spiro atoms. The lowest BCUT2D eigenvalue weighted by Gasteiger charge is -2.09. The molecule has 6 nitrogen and oxygen atoms in total. The number of anilines is 1. The number of aromatic nitrogens is 2. The van der Waals surface area contributed by atoms with Gasteiger partial charge >= 0.3 is 0 Å². The van der Waals surface area contributed by atoms with Crippen LogP contribution in [0.1, 0.15) is 18.1 Å². The normalized spacial score (nSPS) is 10.4. The second kappa shape index (κ2) is 7.92. The lowest BCUT2D eigenvalue weighted by molar-refractivity contribution is -0.123. The third kappa shape index (κ3) is 5.21. The Morgan fingerprint density at radius 1 is 1.30 bits per heavy atom. The molecule has 7 heteroatoms. The number of hydrogen-bond acceptors (Lipinski definition) is 3. The fourth-order valence-corrected chi connectivity index (χ4v) is 2.53. The van der Waals surface area contributed by atoms with Crippen molar-refractivity contribution < 1.29 is 9.59 Å². The molecule has 1 heterocycles.